The zero-order valence-corrected chi connectivity index (χ0v) is 11.8. The number of aryl methyl sites for hydroxylation is 2. The van der Waals surface area contributed by atoms with Crippen LogP contribution in [0.25, 0.3) is 0 Å². The average Bonchev–Trinajstić information content (AvgIpc) is 2.23. The van der Waals surface area contributed by atoms with E-state index >= 15 is 0 Å². The molecule has 1 atom stereocenters. The van der Waals surface area contributed by atoms with E-state index in [1.807, 2.05) is 27.7 Å². The van der Waals surface area contributed by atoms with E-state index in [1.54, 1.807) is 0 Å². The van der Waals surface area contributed by atoms with Crippen molar-refractivity contribution >= 4 is 0 Å². The molecule has 1 N–H and O–H groups in total. The lowest BCUT2D eigenvalue weighted by Gasteiger charge is -2.26. The highest BCUT2D eigenvalue weighted by Crippen LogP contribution is 2.28. The fourth-order valence-electron chi connectivity index (χ4n) is 1.44. The molecule has 1 nitrogen and oxygen atoms in total. The summed E-state index contributed by atoms with van der Waals surface area (Å²) in [5.41, 5.74) is 3.15. The summed E-state index contributed by atoms with van der Waals surface area (Å²) in [4.78, 5) is 0. The summed E-state index contributed by atoms with van der Waals surface area (Å²) < 4.78 is 0. The summed E-state index contributed by atoms with van der Waals surface area (Å²) in [5.74, 6) is 0.168. The van der Waals surface area contributed by atoms with Crippen LogP contribution in [0.5, 0.6) is 0 Å². The number of benzene rings is 1. The molecule has 1 unspecified atom stereocenters. The Hall–Kier alpha value is -0.820. The van der Waals surface area contributed by atoms with Gasteiger partial charge in [-0.25, -0.2) is 0 Å². The molecule has 0 heterocycles. The smallest absolute Gasteiger partial charge is 0.0657 e. The summed E-state index contributed by atoms with van der Waals surface area (Å²) in [6.07, 6.45) is 0. The van der Waals surface area contributed by atoms with Crippen LogP contribution in [0, 0.1) is 13.8 Å². The Morgan fingerprint density at radius 1 is 1.06 bits per heavy atom. The molecule has 1 rings (SSSR count). The van der Waals surface area contributed by atoms with E-state index in [0.29, 0.717) is 0 Å². The van der Waals surface area contributed by atoms with E-state index in [1.165, 1.54) is 16.7 Å². The van der Waals surface area contributed by atoms with Gasteiger partial charge in [0.25, 0.3) is 0 Å². The number of aliphatic hydroxyl groups is 1. The highest BCUT2D eigenvalue weighted by atomic mass is 16.3. The molecule has 0 bridgehead atoms. The Morgan fingerprint density at radius 2 is 1.56 bits per heavy atom. The van der Waals surface area contributed by atoms with Crippen molar-refractivity contribution in [2.75, 3.05) is 0 Å². The van der Waals surface area contributed by atoms with Crippen LogP contribution in [-0.4, -0.2) is 10.7 Å². The van der Waals surface area contributed by atoms with Crippen molar-refractivity contribution in [3.05, 3.63) is 34.9 Å². The van der Waals surface area contributed by atoms with Gasteiger partial charge in [-0.1, -0.05) is 39.0 Å². The maximum absolute atomic E-state index is 9.90. The molecular formula is C15H26O. The molecule has 1 aromatic rings. The second kappa shape index (κ2) is 6.05. The molecule has 0 aromatic heterocycles. The highest BCUT2D eigenvalue weighted by molar-refractivity contribution is 5.32. The van der Waals surface area contributed by atoms with Gasteiger partial charge >= 0.3 is 0 Å². The largest absolute Gasteiger partial charge is 0.390 e. The van der Waals surface area contributed by atoms with E-state index < -0.39 is 5.60 Å². The number of rotatable bonds is 2. The van der Waals surface area contributed by atoms with Crippen molar-refractivity contribution in [1.82, 2.24) is 0 Å². The van der Waals surface area contributed by atoms with Gasteiger partial charge in [0.05, 0.1) is 5.60 Å². The molecule has 0 saturated carbocycles. The molecule has 0 spiro atoms. The maximum atomic E-state index is 9.90. The van der Waals surface area contributed by atoms with Gasteiger partial charge < -0.3 is 5.11 Å². The van der Waals surface area contributed by atoms with Gasteiger partial charge in [-0.05, 0) is 44.4 Å². The molecule has 0 amide bonds. The Morgan fingerprint density at radius 3 is 1.94 bits per heavy atom. The third kappa shape index (κ3) is 3.97. The summed E-state index contributed by atoms with van der Waals surface area (Å²) in [6.45, 7) is 14.0. The lowest BCUT2D eigenvalue weighted by Crippen LogP contribution is -2.26. The minimum absolute atomic E-state index is 0.168. The van der Waals surface area contributed by atoms with Gasteiger partial charge in [0, 0.05) is 5.92 Å². The summed E-state index contributed by atoms with van der Waals surface area (Å²) >= 11 is 0. The number of hydrogen-bond acceptors (Lipinski definition) is 1. The summed E-state index contributed by atoms with van der Waals surface area (Å²) in [5, 5.41) is 9.90. The summed E-state index contributed by atoms with van der Waals surface area (Å²) in [6, 6.07) is 6.38. The Kier molecular flexibility index (Phi) is 5.74. The van der Waals surface area contributed by atoms with Crippen molar-refractivity contribution < 1.29 is 5.11 Å². The highest BCUT2D eigenvalue weighted by Gasteiger charge is 2.23. The Balaban J connectivity index is 0.00000106. The normalized spacial score (nSPS) is 12.8. The van der Waals surface area contributed by atoms with Gasteiger partial charge in [0.15, 0.2) is 0 Å². The standard InChI is InChI=1S/C13H20O.C2H6/c1-9-6-7-12(8-10(9)2)11(3)13(4,5)14;1-2/h6-8,11,14H,1-5H3;1-2H3. The van der Waals surface area contributed by atoms with Crippen molar-refractivity contribution in [2.45, 2.75) is 60.0 Å². The molecule has 0 aliphatic carbocycles. The van der Waals surface area contributed by atoms with E-state index in [2.05, 4.69) is 39.0 Å². The lowest BCUT2D eigenvalue weighted by molar-refractivity contribution is 0.0559. The van der Waals surface area contributed by atoms with Crippen molar-refractivity contribution in [3.63, 3.8) is 0 Å². The minimum atomic E-state index is -0.651. The van der Waals surface area contributed by atoms with Crippen LogP contribution in [-0.2, 0) is 0 Å². The topological polar surface area (TPSA) is 20.2 Å². The first kappa shape index (κ1) is 15.2. The SMILES string of the molecule is CC.Cc1ccc(C(C)C(C)(C)O)cc1C. The first-order valence-corrected chi connectivity index (χ1v) is 6.12. The Labute approximate surface area is 101 Å². The van der Waals surface area contributed by atoms with Crippen LogP contribution in [0.4, 0.5) is 0 Å². The molecule has 0 aliphatic heterocycles. The maximum Gasteiger partial charge on any atom is 0.0657 e. The fraction of sp³-hybridized carbons (Fsp3) is 0.600. The molecule has 1 heteroatoms. The van der Waals surface area contributed by atoms with E-state index in [9.17, 15) is 5.11 Å². The van der Waals surface area contributed by atoms with E-state index in [0.717, 1.165) is 0 Å². The first-order valence-electron chi connectivity index (χ1n) is 6.12. The second-order valence-corrected chi connectivity index (χ2v) is 4.72. The average molecular weight is 222 g/mol. The van der Waals surface area contributed by atoms with Crippen LogP contribution in [0.2, 0.25) is 0 Å². The van der Waals surface area contributed by atoms with Gasteiger partial charge in [-0.2, -0.15) is 0 Å². The molecule has 1 aromatic carbocycles. The van der Waals surface area contributed by atoms with Crippen LogP contribution < -0.4 is 0 Å². The molecule has 92 valence electrons. The molecule has 0 saturated heterocycles. The van der Waals surface area contributed by atoms with E-state index in [-0.39, 0.29) is 5.92 Å². The van der Waals surface area contributed by atoms with Crippen molar-refractivity contribution in [3.8, 4) is 0 Å². The lowest BCUT2D eigenvalue weighted by atomic mass is 9.85. The van der Waals surface area contributed by atoms with Crippen molar-refractivity contribution in [1.29, 1.82) is 0 Å². The first-order chi connectivity index (χ1) is 7.32. The molecule has 0 aliphatic rings. The second-order valence-electron chi connectivity index (χ2n) is 4.72. The van der Waals surface area contributed by atoms with Crippen LogP contribution in [0.1, 0.15) is 57.2 Å². The zero-order chi connectivity index (χ0) is 12.9. The predicted octanol–water partition coefficient (Wildman–Crippen LogP) is 4.20. The fourth-order valence-corrected chi connectivity index (χ4v) is 1.44. The molecule has 16 heavy (non-hydrogen) atoms. The van der Waals surface area contributed by atoms with Crippen molar-refractivity contribution in [2.24, 2.45) is 0 Å². The quantitative estimate of drug-likeness (QED) is 0.795. The van der Waals surface area contributed by atoms with Gasteiger partial charge in [-0.3, -0.25) is 0 Å². The van der Waals surface area contributed by atoms with Crippen LogP contribution >= 0.6 is 0 Å². The third-order valence-corrected chi connectivity index (χ3v) is 3.09. The Bertz CT molecular complexity index is 321. The number of hydrogen-bond donors (Lipinski definition) is 1. The predicted molar refractivity (Wildman–Crippen MR) is 72.0 cm³/mol. The molecule has 0 fully saturated rings. The molecule has 0 radical (unpaired) electrons. The zero-order valence-electron chi connectivity index (χ0n) is 11.8. The monoisotopic (exact) mass is 222 g/mol. The minimum Gasteiger partial charge on any atom is -0.390 e. The summed E-state index contributed by atoms with van der Waals surface area (Å²) in [7, 11) is 0. The van der Waals surface area contributed by atoms with Gasteiger partial charge in [0.1, 0.15) is 0 Å². The van der Waals surface area contributed by atoms with Gasteiger partial charge in [-0.15, -0.1) is 0 Å². The third-order valence-electron chi connectivity index (χ3n) is 3.09. The van der Waals surface area contributed by atoms with Gasteiger partial charge in [0.2, 0.25) is 0 Å². The molecular weight excluding hydrogens is 196 g/mol. The van der Waals surface area contributed by atoms with Crippen LogP contribution in [0.3, 0.4) is 0 Å². The van der Waals surface area contributed by atoms with E-state index in [4.69, 9.17) is 0 Å². The van der Waals surface area contributed by atoms with Crippen LogP contribution in [0.15, 0.2) is 18.2 Å².